The van der Waals surface area contributed by atoms with Gasteiger partial charge in [0.05, 0.1) is 6.10 Å². The van der Waals surface area contributed by atoms with Gasteiger partial charge in [0.15, 0.2) is 0 Å². The monoisotopic (exact) mass is 176 g/mol. The summed E-state index contributed by atoms with van der Waals surface area (Å²) in [6, 6.07) is 6.09. The fourth-order valence-corrected chi connectivity index (χ4v) is 1.48. The molecule has 0 saturated heterocycles. The first-order valence-electron chi connectivity index (χ1n) is 4.51. The van der Waals surface area contributed by atoms with E-state index in [0.717, 1.165) is 11.1 Å². The molecule has 13 heavy (non-hydrogen) atoms. The van der Waals surface area contributed by atoms with Gasteiger partial charge in [-0.15, -0.1) is 6.58 Å². The Balaban J connectivity index is 2.94. The summed E-state index contributed by atoms with van der Waals surface area (Å²) in [6.07, 6.45) is 1.95. The molecule has 0 bridgehead atoms. The third-order valence-corrected chi connectivity index (χ3v) is 2.17. The van der Waals surface area contributed by atoms with Gasteiger partial charge < -0.3 is 5.11 Å². The van der Waals surface area contributed by atoms with Crippen LogP contribution in [0.2, 0.25) is 0 Å². The highest BCUT2D eigenvalue weighted by Crippen LogP contribution is 2.21. The average Bonchev–Trinajstić information content (AvgIpc) is 2.04. The van der Waals surface area contributed by atoms with Gasteiger partial charge in [0.2, 0.25) is 0 Å². The van der Waals surface area contributed by atoms with Gasteiger partial charge in [-0.3, -0.25) is 0 Å². The van der Waals surface area contributed by atoms with E-state index in [0.29, 0.717) is 6.42 Å². The molecule has 1 nitrogen and oxygen atoms in total. The summed E-state index contributed by atoms with van der Waals surface area (Å²) in [5.74, 6) is 0. The summed E-state index contributed by atoms with van der Waals surface area (Å²) in [4.78, 5) is 0. The smallest absolute Gasteiger partial charge is 0.0826 e. The highest BCUT2D eigenvalue weighted by atomic mass is 16.3. The lowest BCUT2D eigenvalue weighted by atomic mass is 9.99. The van der Waals surface area contributed by atoms with Crippen LogP contribution in [0.3, 0.4) is 0 Å². The molecular formula is C12H16O. The number of hydrogen-bond donors (Lipinski definition) is 1. The van der Waals surface area contributed by atoms with E-state index < -0.39 is 6.10 Å². The summed E-state index contributed by atoms with van der Waals surface area (Å²) < 4.78 is 0. The lowest BCUT2D eigenvalue weighted by molar-refractivity contribution is 0.181. The molecule has 0 heterocycles. The average molecular weight is 176 g/mol. The van der Waals surface area contributed by atoms with Crippen LogP contribution in [-0.2, 0) is 0 Å². The second-order valence-corrected chi connectivity index (χ2v) is 3.40. The van der Waals surface area contributed by atoms with E-state index in [9.17, 15) is 5.11 Å². The summed E-state index contributed by atoms with van der Waals surface area (Å²) in [7, 11) is 0. The number of rotatable bonds is 3. The molecule has 1 atom stereocenters. The van der Waals surface area contributed by atoms with Crippen LogP contribution in [0.25, 0.3) is 0 Å². The van der Waals surface area contributed by atoms with Crippen molar-refractivity contribution >= 4 is 0 Å². The number of aryl methyl sites for hydroxylation is 2. The van der Waals surface area contributed by atoms with Crippen molar-refractivity contribution in [1.82, 2.24) is 0 Å². The van der Waals surface area contributed by atoms with Crippen molar-refractivity contribution in [2.24, 2.45) is 0 Å². The molecular weight excluding hydrogens is 160 g/mol. The van der Waals surface area contributed by atoms with E-state index in [2.05, 4.69) is 19.6 Å². The van der Waals surface area contributed by atoms with E-state index in [1.165, 1.54) is 5.56 Å². The molecule has 1 unspecified atom stereocenters. The molecule has 0 aliphatic carbocycles. The van der Waals surface area contributed by atoms with Gasteiger partial charge >= 0.3 is 0 Å². The zero-order chi connectivity index (χ0) is 9.84. The largest absolute Gasteiger partial charge is 0.388 e. The van der Waals surface area contributed by atoms with Crippen LogP contribution >= 0.6 is 0 Å². The maximum atomic E-state index is 9.72. The zero-order valence-electron chi connectivity index (χ0n) is 8.25. The van der Waals surface area contributed by atoms with E-state index in [4.69, 9.17) is 0 Å². The molecule has 70 valence electrons. The maximum absolute atomic E-state index is 9.72. The number of aliphatic hydroxyl groups is 1. The van der Waals surface area contributed by atoms with Crippen molar-refractivity contribution in [3.05, 3.63) is 47.5 Å². The van der Waals surface area contributed by atoms with Gasteiger partial charge in [-0.2, -0.15) is 0 Å². The highest BCUT2D eigenvalue weighted by molar-refractivity contribution is 5.32. The van der Waals surface area contributed by atoms with E-state index in [-0.39, 0.29) is 0 Å². The molecule has 1 aromatic carbocycles. The highest BCUT2D eigenvalue weighted by Gasteiger charge is 2.07. The fraction of sp³-hybridized carbons (Fsp3) is 0.333. The van der Waals surface area contributed by atoms with E-state index in [1.807, 2.05) is 19.1 Å². The molecule has 0 aromatic heterocycles. The van der Waals surface area contributed by atoms with Gasteiger partial charge in [0.1, 0.15) is 0 Å². The third kappa shape index (κ3) is 2.43. The van der Waals surface area contributed by atoms with Crippen LogP contribution in [-0.4, -0.2) is 5.11 Å². The Labute approximate surface area is 79.7 Å². The lowest BCUT2D eigenvalue weighted by Gasteiger charge is -2.12. The summed E-state index contributed by atoms with van der Waals surface area (Å²) in [5.41, 5.74) is 3.38. The minimum atomic E-state index is -0.405. The Hall–Kier alpha value is -1.08. The zero-order valence-corrected chi connectivity index (χ0v) is 8.25. The molecule has 0 saturated carbocycles. The lowest BCUT2D eigenvalue weighted by Crippen LogP contribution is -1.98. The van der Waals surface area contributed by atoms with Gasteiger partial charge in [-0.25, -0.2) is 0 Å². The van der Waals surface area contributed by atoms with Crippen molar-refractivity contribution in [2.75, 3.05) is 0 Å². The summed E-state index contributed by atoms with van der Waals surface area (Å²) in [6.45, 7) is 7.69. The Kier molecular flexibility index (Phi) is 3.26. The molecule has 0 aliphatic heterocycles. The molecule has 1 heteroatoms. The predicted molar refractivity (Wildman–Crippen MR) is 55.7 cm³/mol. The summed E-state index contributed by atoms with van der Waals surface area (Å²) in [5, 5.41) is 9.72. The Morgan fingerprint density at radius 1 is 1.46 bits per heavy atom. The van der Waals surface area contributed by atoms with Crippen LogP contribution in [0, 0.1) is 13.8 Å². The first-order chi connectivity index (χ1) is 6.15. The maximum Gasteiger partial charge on any atom is 0.0826 e. The van der Waals surface area contributed by atoms with Crippen molar-refractivity contribution < 1.29 is 5.11 Å². The molecule has 0 amide bonds. The topological polar surface area (TPSA) is 20.2 Å². The number of benzene rings is 1. The van der Waals surface area contributed by atoms with E-state index >= 15 is 0 Å². The Bertz CT molecular complexity index is 302. The van der Waals surface area contributed by atoms with Crippen molar-refractivity contribution in [1.29, 1.82) is 0 Å². The molecule has 0 fully saturated rings. The second-order valence-electron chi connectivity index (χ2n) is 3.40. The summed E-state index contributed by atoms with van der Waals surface area (Å²) >= 11 is 0. The van der Waals surface area contributed by atoms with Crippen LogP contribution in [0.1, 0.15) is 29.2 Å². The van der Waals surface area contributed by atoms with E-state index in [1.54, 1.807) is 6.08 Å². The first-order valence-corrected chi connectivity index (χ1v) is 4.51. The minimum absolute atomic E-state index is 0.405. The van der Waals surface area contributed by atoms with Crippen LogP contribution < -0.4 is 0 Å². The molecule has 0 spiro atoms. The molecule has 1 aromatic rings. The minimum Gasteiger partial charge on any atom is -0.388 e. The Morgan fingerprint density at radius 3 is 2.69 bits per heavy atom. The third-order valence-electron chi connectivity index (χ3n) is 2.17. The number of hydrogen-bond acceptors (Lipinski definition) is 1. The van der Waals surface area contributed by atoms with Crippen molar-refractivity contribution in [3.63, 3.8) is 0 Å². The van der Waals surface area contributed by atoms with Gasteiger partial charge in [-0.1, -0.05) is 29.8 Å². The molecule has 1 N–H and O–H groups in total. The first kappa shape index (κ1) is 10.0. The SMILES string of the molecule is C=CCC(O)c1ccc(C)cc1C. The second kappa shape index (κ2) is 4.24. The fourth-order valence-electron chi connectivity index (χ4n) is 1.48. The van der Waals surface area contributed by atoms with Crippen molar-refractivity contribution in [2.45, 2.75) is 26.4 Å². The van der Waals surface area contributed by atoms with Crippen molar-refractivity contribution in [3.8, 4) is 0 Å². The number of aliphatic hydroxyl groups excluding tert-OH is 1. The standard InChI is InChI=1S/C12H16O/c1-4-5-12(13)11-7-6-9(2)8-10(11)3/h4,6-8,12-13H,1,5H2,2-3H3. The predicted octanol–water partition coefficient (Wildman–Crippen LogP) is 2.91. The van der Waals surface area contributed by atoms with Gasteiger partial charge in [0, 0.05) is 0 Å². The van der Waals surface area contributed by atoms with Gasteiger partial charge in [0.25, 0.3) is 0 Å². The molecule has 0 aliphatic rings. The van der Waals surface area contributed by atoms with Gasteiger partial charge in [-0.05, 0) is 31.4 Å². The Morgan fingerprint density at radius 2 is 2.15 bits per heavy atom. The van der Waals surface area contributed by atoms with Crippen LogP contribution in [0.15, 0.2) is 30.9 Å². The van der Waals surface area contributed by atoms with Crippen LogP contribution in [0.4, 0.5) is 0 Å². The molecule has 1 rings (SSSR count). The normalized spacial score (nSPS) is 12.5. The van der Waals surface area contributed by atoms with Crippen LogP contribution in [0.5, 0.6) is 0 Å². The quantitative estimate of drug-likeness (QED) is 0.702. The molecule has 0 radical (unpaired) electrons.